The first-order valence-electron chi connectivity index (χ1n) is 4.80. The van der Waals surface area contributed by atoms with Crippen LogP contribution in [0.3, 0.4) is 0 Å². The lowest BCUT2D eigenvalue weighted by atomic mass is 10.1. The van der Waals surface area contributed by atoms with Crippen LogP contribution in [-0.2, 0) is 0 Å². The van der Waals surface area contributed by atoms with Crippen molar-refractivity contribution in [3.63, 3.8) is 0 Å². The Hall–Kier alpha value is 0.620. The number of nitrogens with two attached hydrogens (primary N) is 1. The van der Waals surface area contributed by atoms with Gasteiger partial charge < -0.3 is 11.2 Å². The molecule has 1 aliphatic rings. The van der Waals surface area contributed by atoms with E-state index in [0.29, 0.717) is 0 Å². The van der Waals surface area contributed by atoms with Crippen LogP contribution in [0.1, 0.15) is 43.0 Å². The minimum absolute atomic E-state index is 0. The molecule has 92 valence electrons. The second-order valence-electron chi connectivity index (χ2n) is 4.32. The summed E-state index contributed by atoms with van der Waals surface area (Å²) in [5.74, 6) is 2.29. The van der Waals surface area contributed by atoms with Crippen molar-refractivity contribution in [2.75, 3.05) is 11.5 Å². The average Bonchev–Trinajstić information content (AvgIpc) is 1.86. The van der Waals surface area contributed by atoms with Crippen LogP contribution in [0.25, 0.3) is 0 Å². The van der Waals surface area contributed by atoms with Crippen LogP contribution in [0.2, 0.25) is 0 Å². The van der Waals surface area contributed by atoms with E-state index in [2.05, 4.69) is 40.3 Å². The molecule has 4 heteroatoms. The highest BCUT2D eigenvalue weighted by Crippen LogP contribution is 2.25. The largest absolute Gasteiger partial charge is 0.412 e. The van der Waals surface area contributed by atoms with Gasteiger partial charge in [0.05, 0.1) is 0 Å². The van der Waals surface area contributed by atoms with E-state index in [9.17, 15) is 0 Å². The highest BCUT2D eigenvalue weighted by molar-refractivity contribution is 8.00. The standard InChI is InChI=1S/C4H9NS.C4H10S.C2H6.H2O.H2/c1-4(5)2-6-3-4;1-4(2,3)5;1-2;;/h2-3,5H2,1H3;5H,1-3H3;1-2H3;1H2;1H. The Balaban J connectivity index is -0.0000000629. The smallest absolute Gasteiger partial charge is 0.0309 e. The zero-order chi connectivity index (χ0) is 11.1. The van der Waals surface area contributed by atoms with Gasteiger partial charge in [-0.15, -0.1) is 0 Å². The fourth-order valence-electron chi connectivity index (χ4n) is 0.424. The van der Waals surface area contributed by atoms with Gasteiger partial charge in [0.1, 0.15) is 0 Å². The molecule has 1 heterocycles. The van der Waals surface area contributed by atoms with Gasteiger partial charge in [0.25, 0.3) is 0 Å². The first-order chi connectivity index (χ1) is 5.71. The molecule has 0 radical (unpaired) electrons. The Kier molecular flexibility index (Phi) is 12.8. The molecule has 0 amide bonds. The van der Waals surface area contributed by atoms with Crippen LogP contribution < -0.4 is 5.73 Å². The molecular weight excluding hydrogens is 214 g/mol. The first-order valence-corrected chi connectivity index (χ1v) is 6.40. The highest BCUT2D eigenvalue weighted by Gasteiger charge is 2.26. The van der Waals surface area contributed by atoms with Crippen molar-refractivity contribution >= 4 is 24.4 Å². The normalized spacial score (nSPS) is 17.1. The molecule has 0 aliphatic carbocycles. The van der Waals surface area contributed by atoms with Gasteiger partial charge in [-0.2, -0.15) is 24.4 Å². The van der Waals surface area contributed by atoms with Crippen molar-refractivity contribution in [3.8, 4) is 0 Å². The van der Waals surface area contributed by atoms with Crippen LogP contribution >= 0.6 is 24.4 Å². The van der Waals surface area contributed by atoms with Crippen molar-refractivity contribution in [2.24, 2.45) is 5.73 Å². The maximum atomic E-state index is 5.60. The van der Waals surface area contributed by atoms with Crippen molar-refractivity contribution < 1.29 is 6.90 Å². The van der Waals surface area contributed by atoms with Crippen LogP contribution in [0.5, 0.6) is 0 Å². The van der Waals surface area contributed by atoms with Crippen molar-refractivity contribution in [3.05, 3.63) is 0 Å². The summed E-state index contributed by atoms with van der Waals surface area (Å²) in [5, 5.41) is 0. The molecule has 1 rings (SSSR count). The summed E-state index contributed by atoms with van der Waals surface area (Å²) in [6.45, 7) is 12.2. The molecule has 2 nitrogen and oxygen atoms in total. The van der Waals surface area contributed by atoms with E-state index >= 15 is 0 Å². The fourth-order valence-corrected chi connectivity index (χ4v) is 1.27. The monoisotopic (exact) mass is 243 g/mol. The van der Waals surface area contributed by atoms with Crippen LogP contribution in [0, 0.1) is 0 Å². The summed E-state index contributed by atoms with van der Waals surface area (Å²) in [6, 6.07) is 0. The molecule has 0 aromatic rings. The molecule has 0 aromatic heterocycles. The fraction of sp³-hybridized carbons (Fsp3) is 1.00. The molecule has 0 atom stereocenters. The second kappa shape index (κ2) is 8.89. The van der Waals surface area contributed by atoms with Gasteiger partial charge in [-0.05, 0) is 6.92 Å². The van der Waals surface area contributed by atoms with Crippen LogP contribution in [0.15, 0.2) is 0 Å². The van der Waals surface area contributed by atoms with Gasteiger partial charge in [-0.1, -0.05) is 34.6 Å². The van der Waals surface area contributed by atoms with Gasteiger partial charge in [0, 0.05) is 23.2 Å². The van der Waals surface area contributed by atoms with Gasteiger partial charge in [0.15, 0.2) is 0 Å². The first kappa shape index (κ1) is 20.1. The third-order valence-electron chi connectivity index (χ3n) is 0.864. The maximum absolute atomic E-state index is 5.60. The Labute approximate surface area is 101 Å². The summed E-state index contributed by atoms with van der Waals surface area (Å²) in [5.41, 5.74) is 5.79. The molecular formula is C10H29NOS2. The number of thiol groups is 1. The molecule has 0 unspecified atom stereocenters. The summed E-state index contributed by atoms with van der Waals surface area (Å²) in [6.07, 6.45) is 0. The summed E-state index contributed by atoms with van der Waals surface area (Å²) in [7, 11) is 0. The van der Waals surface area contributed by atoms with E-state index in [4.69, 9.17) is 5.73 Å². The van der Waals surface area contributed by atoms with Gasteiger partial charge in [-0.3, -0.25) is 0 Å². The predicted molar refractivity (Wildman–Crippen MR) is 75.7 cm³/mol. The van der Waals surface area contributed by atoms with Crippen LogP contribution in [-0.4, -0.2) is 27.3 Å². The van der Waals surface area contributed by atoms with E-state index in [-0.39, 0.29) is 17.2 Å². The lowest BCUT2D eigenvalue weighted by Crippen LogP contribution is -2.48. The zero-order valence-electron chi connectivity index (χ0n) is 10.3. The number of rotatable bonds is 0. The molecule has 1 saturated heterocycles. The molecule has 4 N–H and O–H groups in total. The van der Waals surface area contributed by atoms with Gasteiger partial charge in [-0.25, -0.2) is 0 Å². The minimum Gasteiger partial charge on any atom is -0.412 e. The summed E-state index contributed by atoms with van der Waals surface area (Å²) in [4.78, 5) is 0. The van der Waals surface area contributed by atoms with Crippen molar-refractivity contribution in [2.45, 2.75) is 51.8 Å². The maximum Gasteiger partial charge on any atom is 0.0309 e. The Bertz CT molecular complexity index is 115. The van der Waals surface area contributed by atoms with E-state index in [0.717, 1.165) is 11.5 Å². The van der Waals surface area contributed by atoms with E-state index < -0.39 is 0 Å². The lowest BCUT2D eigenvalue weighted by molar-refractivity contribution is 0.571. The molecule has 0 spiro atoms. The van der Waals surface area contributed by atoms with Crippen molar-refractivity contribution in [1.29, 1.82) is 0 Å². The Morgan fingerprint density at radius 1 is 1.29 bits per heavy atom. The van der Waals surface area contributed by atoms with Gasteiger partial charge >= 0.3 is 0 Å². The number of thioether (sulfide) groups is 1. The Morgan fingerprint density at radius 2 is 1.43 bits per heavy atom. The van der Waals surface area contributed by atoms with E-state index in [1.165, 1.54) is 0 Å². The second-order valence-corrected chi connectivity index (χ2v) is 6.64. The third-order valence-corrected chi connectivity index (χ3v) is 2.59. The number of hydrogen-bond acceptors (Lipinski definition) is 3. The molecule has 14 heavy (non-hydrogen) atoms. The molecule has 1 aliphatic heterocycles. The highest BCUT2D eigenvalue weighted by atomic mass is 32.2. The molecule has 0 saturated carbocycles. The lowest BCUT2D eigenvalue weighted by Gasteiger charge is -2.32. The topological polar surface area (TPSA) is 57.5 Å². The number of hydrogen-bond donors (Lipinski definition) is 2. The van der Waals surface area contributed by atoms with Crippen LogP contribution in [0.4, 0.5) is 0 Å². The molecule has 0 aromatic carbocycles. The average molecular weight is 243 g/mol. The zero-order valence-corrected chi connectivity index (χ0v) is 12.1. The van der Waals surface area contributed by atoms with E-state index in [1.807, 2.05) is 25.6 Å². The molecule has 0 bridgehead atoms. The molecule has 1 fully saturated rings. The van der Waals surface area contributed by atoms with Crippen molar-refractivity contribution in [1.82, 2.24) is 0 Å². The summed E-state index contributed by atoms with van der Waals surface area (Å²) >= 11 is 6.04. The SMILES string of the molecule is CC.CC(C)(C)S.CC1(N)CSC1.O.[HH]. The quantitative estimate of drug-likeness (QED) is 0.643. The van der Waals surface area contributed by atoms with E-state index in [1.54, 1.807) is 0 Å². The predicted octanol–water partition coefficient (Wildman–Crippen LogP) is 2.61. The third kappa shape index (κ3) is 22.9. The Morgan fingerprint density at radius 3 is 1.43 bits per heavy atom. The minimum atomic E-state index is 0. The summed E-state index contributed by atoms with van der Waals surface area (Å²) < 4.78 is 0.194. The van der Waals surface area contributed by atoms with Gasteiger partial charge in [0.2, 0.25) is 0 Å².